The molecule has 20 heavy (non-hydrogen) atoms. The third kappa shape index (κ3) is 4.19. The summed E-state index contributed by atoms with van der Waals surface area (Å²) in [6, 6.07) is 0. The molecule has 0 aliphatic carbocycles. The Labute approximate surface area is 117 Å². The van der Waals surface area contributed by atoms with Crippen molar-refractivity contribution in [3.05, 3.63) is 0 Å². The molecule has 0 aromatic carbocycles. The molecule has 1 fully saturated rings. The number of carbonyl (C=O) groups is 3. The second kappa shape index (κ2) is 6.69. The number of hydrogen-bond acceptors (Lipinski definition) is 7. The zero-order chi connectivity index (χ0) is 15.4. The average molecular weight is 288 g/mol. The summed E-state index contributed by atoms with van der Waals surface area (Å²) in [5, 5.41) is 0. The molecule has 0 aromatic rings. The van der Waals surface area contributed by atoms with Crippen LogP contribution >= 0.6 is 0 Å². The third-order valence-corrected chi connectivity index (χ3v) is 2.91. The topological polar surface area (TPSA) is 88.1 Å². The number of hydrogen-bond donors (Lipinski definition) is 0. The summed E-state index contributed by atoms with van der Waals surface area (Å²) in [5.74, 6) is -1.61. The molecule has 1 aliphatic rings. The zero-order valence-electron chi connectivity index (χ0n) is 12.2. The second-order valence-corrected chi connectivity index (χ2v) is 4.77. The van der Waals surface area contributed by atoms with E-state index < -0.39 is 48.4 Å². The Kier molecular flexibility index (Phi) is 5.50. The van der Waals surface area contributed by atoms with E-state index >= 15 is 0 Å². The van der Waals surface area contributed by atoms with Crippen LogP contribution in [-0.4, -0.2) is 48.4 Å². The fraction of sp³-hybridized carbons (Fsp3) is 0.769. The molecule has 1 heterocycles. The van der Waals surface area contributed by atoms with Crippen LogP contribution in [0.1, 0.15) is 34.6 Å². The Bertz CT molecular complexity index is 364. The van der Waals surface area contributed by atoms with E-state index in [0.717, 1.165) is 0 Å². The summed E-state index contributed by atoms with van der Waals surface area (Å²) in [5.41, 5.74) is 0. The molecular weight excluding hydrogens is 268 g/mol. The van der Waals surface area contributed by atoms with Gasteiger partial charge in [0.2, 0.25) is 0 Å². The van der Waals surface area contributed by atoms with E-state index in [2.05, 4.69) is 0 Å². The standard InChI is InChI=1S/C13H20O7/c1-6-11(18-8(3)14)13(20-10(5)16)12(7(2)17-6)19-9(4)15/h6-7,11-13H,1-5H3/t6-,7?,11+,12+,13+/m0/s1. The molecule has 7 nitrogen and oxygen atoms in total. The molecule has 0 radical (unpaired) electrons. The quantitative estimate of drug-likeness (QED) is 0.554. The highest BCUT2D eigenvalue weighted by Gasteiger charge is 2.48. The lowest BCUT2D eigenvalue weighted by atomic mass is 9.95. The van der Waals surface area contributed by atoms with E-state index in [4.69, 9.17) is 18.9 Å². The van der Waals surface area contributed by atoms with Gasteiger partial charge in [-0.3, -0.25) is 14.4 Å². The molecule has 0 saturated carbocycles. The third-order valence-electron chi connectivity index (χ3n) is 2.91. The molecule has 1 saturated heterocycles. The van der Waals surface area contributed by atoms with E-state index in [1.165, 1.54) is 20.8 Å². The van der Waals surface area contributed by atoms with Gasteiger partial charge in [-0.05, 0) is 13.8 Å². The number of carbonyl (C=O) groups excluding carboxylic acids is 3. The van der Waals surface area contributed by atoms with Crippen LogP contribution in [0.5, 0.6) is 0 Å². The van der Waals surface area contributed by atoms with Gasteiger partial charge in [-0.15, -0.1) is 0 Å². The molecule has 0 spiro atoms. The molecule has 0 N–H and O–H groups in total. The van der Waals surface area contributed by atoms with Crippen LogP contribution in [0.25, 0.3) is 0 Å². The summed E-state index contributed by atoms with van der Waals surface area (Å²) in [7, 11) is 0. The van der Waals surface area contributed by atoms with Gasteiger partial charge in [-0.2, -0.15) is 0 Å². The minimum absolute atomic E-state index is 0.481. The predicted octanol–water partition coefficient (Wildman–Crippen LogP) is 0.589. The van der Waals surface area contributed by atoms with Gasteiger partial charge in [0, 0.05) is 20.8 Å². The first-order chi connectivity index (χ1) is 9.22. The van der Waals surface area contributed by atoms with E-state index in [-0.39, 0.29) is 0 Å². The van der Waals surface area contributed by atoms with Crippen LogP contribution in [0.15, 0.2) is 0 Å². The summed E-state index contributed by atoms with van der Waals surface area (Å²) in [6.45, 7) is 7.13. The molecular formula is C13H20O7. The Morgan fingerprint density at radius 1 is 0.700 bits per heavy atom. The first kappa shape index (κ1) is 16.4. The maximum Gasteiger partial charge on any atom is 0.303 e. The Morgan fingerprint density at radius 2 is 1.00 bits per heavy atom. The van der Waals surface area contributed by atoms with Crippen molar-refractivity contribution in [1.29, 1.82) is 0 Å². The van der Waals surface area contributed by atoms with Gasteiger partial charge in [0.1, 0.15) is 0 Å². The molecule has 5 atom stereocenters. The second-order valence-electron chi connectivity index (χ2n) is 4.77. The van der Waals surface area contributed by atoms with Gasteiger partial charge in [0.15, 0.2) is 18.3 Å². The first-order valence-electron chi connectivity index (χ1n) is 6.39. The number of ether oxygens (including phenoxy) is 4. The maximum atomic E-state index is 11.2. The minimum Gasteiger partial charge on any atom is -0.456 e. The Morgan fingerprint density at radius 3 is 1.30 bits per heavy atom. The highest BCUT2D eigenvalue weighted by molar-refractivity contribution is 5.68. The maximum absolute atomic E-state index is 11.2. The lowest BCUT2D eigenvalue weighted by Crippen LogP contribution is -2.59. The van der Waals surface area contributed by atoms with Gasteiger partial charge in [-0.1, -0.05) is 0 Å². The summed E-state index contributed by atoms with van der Waals surface area (Å²) in [4.78, 5) is 33.6. The van der Waals surface area contributed by atoms with Gasteiger partial charge < -0.3 is 18.9 Å². The van der Waals surface area contributed by atoms with Crippen molar-refractivity contribution in [2.75, 3.05) is 0 Å². The molecule has 1 rings (SSSR count). The summed E-state index contributed by atoms with van der Waals surface area (Å²) in [6.07, 6.45) is -3.50. The normalized spacial score (nSPS) is 33.1. The summed E-state index contributed by atoms with van der Waals surface area (Å²) >= 11 is 0. The summed E-state index contributed by atoms with van der Waals surface area (Å²) < 4.78 is 21.1. The van der Waals surface area contributed by atoms with Crippen molar-refractivity contribution in [2.24, 2.45) is 0 Å². The van der Waals surface area contributed by atoms with Crippen molar-refractivity contribution in [3.63, 3.8) is 0 Å². The first-order valence-corrected chi connectivity index (χ1v) is 6.39. The number of rotatable bonds is 3. The van der Waals surface area contributed by atoms with Crippen LogP contribution in [-0.2, 0) is 33.3 Å². The van der Waals surface area contributed by atoms with Crippen LogP contribution in [0.2, 0.25) is 0 Å². The minimum atomic E-state index is -0.890. The van der Waals surface area contributed by atoms with Crippen LogP contribution in [0, 0.1) is 0 Å². The molecule has 0 bridgehead atoms. The van der Waals surface area contributed by atoms with E-state index in [9.17, 15) is 14.4 Å². The predicted molar refractivity (Wildman–Crippen MR) is 66.7 cm³/mol. The number of esters is 3. The monoisotopic (exact) mass is 288 g/mol. The Hall–Kier alpha value is -1.63. The van der Waals surface area contributed by atoms with Gasteiger partial charge in [0.25, 0.3) is 0 Å². The molecule has 7 heteroatoms. The fourth-order valence-electron chi connectivity index (χ4n) is 2.25. The molecule has 1 unspecified atom stereocenters. The van der Waals surface area contributed by atoms with Crippen molar-refractivity contribution in [3.8, 4) is 0 Å². The van der Waals surface area contributed by atoms with Crippen molar-refractivity contribution < 1.29 is 33.3 Å². The largest absolute Gasteiger partial charge is 0.456 e. The zero-order valence-corrected chi connectivity index (χ0v) is 12.2. The lowest BCUT2D eigenvalue weighted by Gasteiger charge is -2.42. The lowest BCUT2D eigenvalue weighted by molar-refractivity contribution is -0.240. The molecule has 1 aliphatic heterocycles. The van der Waals surface area contributed by atoms with Gasteiger partial charge in [0.05, 0.1) is 12.2 Å². The van der Waals surface area contributed by atoms with Crippen molar-refractivity contribution in [1.82, 2.24) is 0 Å². The highest BCUT2D eigenvalue weighted by Crippen LogP contribution is 2.28. The SMILES string of the molecule is CC(=O)O[C@@H]1[C@H](OC(C)=O)[C@H](C)OC(C)[C@H]1OC(C)=O. The van der Waals surface area contributed by atoms with Crippen LogP contribution < -0.4 is 0 Å². The van der Waals surface area contributed by atoms with Crippen molar-refractivity contribution >= 4 is 17.9 Å². The molecule has 0 aromatic heterocycles. The van der Waals surface area contributed by atoms with E-state index in [1.54, 1.807) is 13.8 Å². The van der Waals surface area contributed by atoms with Crippen LogP contribution in [0.4, 0.5) is 0 Å². The van der Waals surface area contributed by atoms with Gasteiger partial charge in [-0.25, -0.2) is 0 Å². The molecule has 114 valence electrons. The average Bonchev–Trinajstić information content (AvgIpc) is 2.27. The highest BCUT2D eigenvalue weighted by atomic mass is 16.6. The smallest absolute Gasteiger partial charge is 0.303 e. The van der Waals surface area contributed by atoms with E-state index in [1.807, 2.05) is 0 Å². The van der Waals surface area contributed by atoms with Gasteiger partial charge >= 0.3 is 17.9 Å². The van der Waals surface area contributed by atoms with E-state index in [0.29, 0.717) is 0 Å². The molecule has 0 amide bonds. The van der Waals surface area contributed by atoms with Crippen molar-refractivity contribution in [2.45, 2.75) is 65.1 Å². The fourth-order valence-corrected chi connectivity index (χ4v) is 2.25. The Balaban J connectivity index is 3.01. The van der Waals surface area contributed by atoms with Crippen LogP contribution in [0.3, 0.4) is 0 Å².